The molecular weight excluding hydrogens is 302 g/mol. The van der Waals surface area contributed by atoms with Gasteiger partial charge in [0.25, 0.3) is 0 Å². The molecule has 1 nitrogen and oxygen atoms in total. The van der Waals surface area contributed by atoms with Crippen molar-refractivity contribution in [1.29, 1.82) is 0 Å². The van der Waals surface area contributed by atoms with Gasteiger partial charge in [0.1, 0.15) is 0 Å². The van der Waals surface area contributed by atoms with Crippen LogP contribution < -0.4 is 0 Å². The Labute approximate surface area is 149 Å². The van der Waals surface area contributed by atoms with Crippen LogP contribution in [-0.2, 0) is 5.41 Å². The summed E-state index contributed by atoms with van der Waals surface area (Å²) in [6.45, 7) is 0. The molecule has 2 aliphatic carbocycles. The van der Waals surface area contributed by atoms with Crippen LogP contribution in [0.25, 0.3) is 0 Å². The molecular formula is C24H23N. The van der Waals surface area contributed by atoms with Gasteiger partial charge in [-0.15, -0.1) is 0 Å². The molecule has 0 radical (unpaired) electrons. The summed E-state index contributed by atoms with van der Waals surface area (Å²) in [7, 11) is 0. The molecule has 1 heteroatoms. The molecule has 1 unspecified atom stereocenters. The highest BCUT2D eigenvalue weighted by Gasteiger charge is 2.41. The van der Waals surface area contributed by atoms with Crippen LogP contribution in [-0.4, -0.2) is 12.3 Å². The minimum Gasteiger partial charge on any atom is -0.284 e. The Balaban J connectivity index is 1.61. The van der Waals surface area contributed by atoms with E-state index in [0.717, 1.165) is 12.3 Å². The molecule has 0 bridgehead atoms. The first-order valence-electron chi connectivity index (χ1n) is 9.43. The number of rotatable bonds is 3. The highest BCUT2D eigenvalue weighted by Crippen LogP contribution is 2.48. The average molecular weight is 325 g/mol. The van der Waals surface area contributed by atoms with E-state index in [1.807, 2.05) is 0 Å². The molecule has 0 amide bonds. The molecule has 1 aliphatic heterocycles. The number of hydrogen-bond acceptors (Lipinski definition) is 1. The van der Waals surface area contributed by atoms with Gasteiger partial charge in [-0.3, -0.25) is 4.99 Å². The molecule has 1 fully saturated rings. The normalized spacial score (nSPS) is 24.2. The second-order valence-electron chi connectivity index (χ2n) is 7.61. The van der Waals surface area contributed by atoms with Crippen molar-refractivity contribution in [2.24, 2.45) is 10.9 Å². The van der Waals surface area contributed by atoms with E-state index in [0.29, 0.717) is 6.04 Å². The van der Waals surface area contributed by atoms with E-state index in [2.05, 4.69) is 79.0 Å². The van der Waals surface area contributed by atoms with Gasteiger partial charge in [-0.2, -0.15) is 0 Å². The van der Waals surface area contributed by atoms with Gasteiger partial charge in [0, 0.05) is 11.6 Å². The Kier molecular flexibility index (Phi) is 3.48. The van der Waals surface area contributed by atoms with E-state index in [9.17, 15) is 0 Å². The Bertz CT molecular complexity index is 814. The molecule has 1 atom stereocenters. The van der Waals surface area contributed by atoms with Gasteiger partial charge in [0.05, 0.1) is 6.04 Å². The summed E-state index contributed by atoms with van der Waals surface area (Å²) in [5.74, 6) is 0.763. The molecule has 0 saturated heterocycles. The second kappa shape index (κ2) is 5.84. The molecule has 3 aliphatic rings. The van der Waals surface area contributed by atoms with E-state index in [1.54, 1.807) is 5.57 Å². The summed E-state index contributed by atoms with van der Waals surface area (Å²) in [6, 6.07) is 22.4. The molecule has 2 aromatic rings. The lowest BCUT2D eigenvalue weighted by Gasteiger charge is -2.39. The molecule has 1 heterocycles. The Morgan fingerprint density at radius 1 is 0.840 bits per heavy atom. The fourth-order valence-electron chi connectivity index (χ4n) is 4.65. The topological polar surface area (TPSA) is 12.4 Å². The third kappa shape index (κ3) is 2.33. The van der Waals surface area contributed by atoms with Crippen LogP contribution in [0.15, 0.2) is 89.0 Å². The minimum atomic E-state index is -0.0724. The maximum atomic E-state index is 4.90. The van der Waals surface area contributed by atoms with Crippen molar-refractivity contribution in [1.82, 2.24) is 0 Å². The Hall–Kier alpha value is -2.41. The summed E-state index contributed by atoms with van der Waals surface area (Å²) < 4.78 is 0. The molecule has 25 heavy (non-hydrogen) atoms. The first-order chi connectivity index (χ1) is 12.4. The maximum absolute atomic E-state index is 4.90. The van der Waals surface area contributed by atoms with E-state index in [-0.39, 0.29) is 5.41 Å². The first kappa shape index (κ1) is 14.9. The van der Waals surface area contributed by atoms with E-state index >= 15 is 0 Å². The zero-order chi connectivity index (χ0) is 16.7. The molecule has 0 aromatic heterocycles. The van der Waals surface area contributed by atoms with Crippen molar-refractivity contribution in [3.05, 3.63) is 95.1 Å². The SMILES string of the molecule is C1=CC(c2ccccc2)(c2ccccc2)CC2=C1C=NC2C1CCC1. The van der Waals surface area contributed by atoms with Crippen LogP contribution in [0.2, 0.25) is 0 Å². The summed E-state index contributed by atoms with van der Waals surface area (Å²) in [5.41, 5.74) is 5.60. The van der Waals surface area contributed by atoms with Crippen molar-refractivity contribution in [3.8, 4) is 0 Å². The number of hydrogen-bond donors (Lipinski definition) is 0. The van der Waals surface area contributed by atoms with Crippen molar-refractivity contribution in [3.63, 3.8) is 0 Å². The van der Waals surface area contributed by atoms with Crippen LogP contribution in [0.5, 0.6) is 0 Å². The van der Waals surface area contributed by atoms with Crippen molar-refractivity contribution in [2.45, 2.75) is 37.1 Å². The minimum absolute atomic E-state index is 0.0724. The summed E-state index contributed by atoms with van der Waals surface area (Å²) in [4.78, 5) is 4.90. The molecule has 0 N–H and O–H groups in total. The summed E-state index contributed by atoms with van der Waals surface area (Å²) in [6.07, 6.45) is 11.9. The fraction of sp³-hybridized carbons (Fsp3) is 0.292. The van der Waals surface area contributed by atoms with Crippen molar-refractivity contribution < 1.29 is 0 Å². The number of nitrogens with zero attached hydrogens (tertiary/aromatic N) is 1. The number of allylic oxidation sites excluding steroid dienone is 3. The maximum Gasteiger partial charge on any atom is 0.0747 e. The van der Waals surface area contributed by atoms with Gasteiger partial charge in [-0.1, -0.05) is 79.2 Å². The highest BCUT2D eigenvalue weighted by atomic mass is 14.8. The van der Waals surface area contributed by atoms with Crippen LogP contribution in [0, 0.1) is 5.92 Å². The monoisotopic (exact) mass is 325 g/mol. The van der Waals surface area contributed by atoms with E-state index in [4.69, 9.17) is 4.99 Å². The van der Waals surface area contributed by atoms with Crippen LogP contribution in [0.4, 0.5) is 0 Å². The van der Waals surface area contributed by atoms with Crippen LogP contribution in [0.3, 0.4) is 0 Å². The van der Waals surface area contributed by atoms with E-state index in [1.165, 1.54) is 36.0 Å². The quantitative estimate of drug-likeness (QED) is 0.708. The highest BCUT2D eigenvalue weighted by molar-refractivity contribution is 5.88. The lowest BCUT2D eigenvalue weighted by molar-refractivity contribution is 0.280. The van der Waals surface area contributed by atoms with Gasteiger partial charge in [0.15, 0.2) is 0 Å². The summed E-state index contributed by atoms with van der Waals surface area (Å²) in [5, 5.41) is 0. The van der Waals surface area contributed by atoms with Gasteiger partial charge in [0.2, 0.25) is 0 Å². The lowest BCUT2D eigenvalue weighted by atomic mass is 9.65. The molecule has 124 valence electrons. The zero-order valence-corrected chi connectivity index (χ0v) is 14.4. The number of aliphatic imine (C=N–C) groups is 1. The Morgan fingerprint density at radius 2 is 1.48 bits per heavy atom. The third-order valence-corrected chi connectivity index (χ3v) is 6.29. The molecule has 0 spiro atoms. The standard InChI is InChI=1S/C24H23N/c1-3-10-20(11-4-1)24(21-12-5-2-6-13-21)15-14-19-17-25-23(22(19)16-24)18-8-7-9-18/h1-6,10-15,17-18,23H,7-9,16H2. The Morgan fingerprint density at radius 3 is 2.04 bits per heavy atom. The van der Waals surface area contributed by atoms with Crippen LogP contribution >= 0.6 is 0 Å². The molecule has 1 saturated carbocycles. The second-order valence-corrected chi connectivity index (χ2v) is 7.61. The van der Waals surface area contributed by atoms with Gasteiger partial charge in [-0.05, 0) is 47.5 Å². The van der Waals surface area contributed by atoms with E-state index < -0.39 is 0 Å². The smallest absolute Gasteiger partial charge is 0.0747 e. The van der Waals surface area contributed by atoms with Gasteiger partial charge < -0.3 is 0 Å². The largest absolute Gasteiger partial charge is 0.284 e. The molecule has 2 aromatic carbocycles. The average Bonchev–Trinajstić information content (AvgIpc) is 3.04. The predicted octanol–water partition coefficient (Wildman–Crippen LogP) is 5.48. The molecule has 5 rings (SSSR count). The van der Waals surface area contributed by atoms with Crippen molar-refractivity contribution in [2.75, 3.05) is 0 Å². The predicted molar refractivity (Wildman–Crippen MR) is 104 cm³/mol. The lowest BCUT2D eigenvalue weighted by Crippen LogP contribution is -2.33. The van der Waals surface area contributed by atoms with Crippen LogP contribution in [0.1, 0.15) is 36.8 Å². The first-order valence-corrected chi connectivity index (χ1v) is 9.43. The summed E-state index contributed by atoms with van der Waals surface area (Å²) >= 11 is 0. The van der Waals surface area contributed by atoms with Gasteiger partial charge >= 0.3 is 0 Å². The number of benzene rings is 2. The third-order valence-electron chi connectivity index (χ3n) is 6.29. The zero-order valence-electron chi connectivity index (χ0n) is 14.4. The van der Waals surface area contributed by atoms with Gasteiger partial charge in [-0.25, -0.2) is 0 Å². The fourth-order valence-corrected chi connectivity index (χ4v) is 4.65. The van der Waals surface area contributed by atoms with Crippen molar-refractivity contribution >= 4 is 6.21 Å².